The lowest BCUT2D eigenvalue weighted by Gasteiger charge is -2.28. The molecule has 1 saturated carbocycles. The minimum atomic E-state index is -4.45. The lowest BCUT2D eigenvalue weighted by Crippen LogP contribution is -2.27. The van der Waals surface area contributed by atoms with Crippen molar-refractivity contribution in [1.82, 2.24) is 0 Å². The topological polar surface area (TPSA) is 58.6 Å². The summed E-state index contributed by atoms with van der Waals surface area (Å²) in [4.78, 5) is 10.9. The van der Waals surface area contributed by atoms with Gasteiger partial charge in [0.2, 0.25) is 0 Å². The number of benzene rings is 2. The summed E-state index contributed by atoms with van der Waals surface area (Å²) in [6.07, 6.45) is -1.63. The number of hydrogen-bond acceptors (Lipinski definition) is 3. The van der Waals surface area contributed by atoms with Crippen molar-refractivity contribution in [3.63, 3.8) is 0 Å². The van der Waals surface area contributed by atoms with E-state index in [4.69, 9.17) is 9.84 Å². The van der Waals surface area contributed by atoms with E-state index in [2.05, 4.69) is 37.2 Å². The van der Waals surface area contributed by atoms with Gasteiger partial charge in [-0.15, -0.1) is 0 Å². The molecule has 9 heteroatoms. The Morgan fingerprint density at radius 3 is 2.28 bits per heavy atom. The van der Waals surface area contributed by atoms with E-state index in [9.17, 15) is 18.0 Å². The summed E-state index contributed by atoms with van der Waals surface area (Å²) in [6.45, 7) is -0.0707. The molecule has 2 aromatic rings. The van der Waals surface area contributed by atoms with E-state index in [-0.39, 0.29) is 19.1 Å². The second kappa shape index (κ2) is 8.95. The van der Waals surface area contributed by atoms with E-state index >= 15 is 0 Å². The SMILES string of the molecule is O=C(O)Cc1cc(Br)c(OCc2cc(NC3CCC3)cc(C(F)(F)F)c2)c(Br)c1. The molecule has 1 fully saturated rings. The maximum atomic E-state index is 13.3. The fourth-order valence-electron chi connectivity index (χ4n) is 2.99. The number of carboxylic acids is 1. The zero-order valence-corrected chi connectivity index (χ0v) is 18.3. The van der Waals surface area contributed by atoms with Gasteiger partial charge >= 0.3 is 12.1 Å². The Hall–Kier alpha value is -1.74. The molecule has 0 amide bonds. The summed E-state index contributed by atoms with van der Waals surface area (Å²) < 4.78 is 46.6. The summed E-state index contributed by atoms with van der Waals surface area (Å²) in [5.41, 5.74) is 0.651. The number of alkyl halides is 3. The molecule has 3 rings (SSSR count). The largest absolute Gasteiger partial charge is 0.487 e. The Balaban J connectivity index is 1.80. The highest BCUT2D eigenvalue weighted by atomic mass is 79.9. The van der Waals surface area contributed by atoms with E-state index in [1.807, 2.05) is 0 Å². The second-order valence-electron chi connectivity index (χ2n) is 6.94. The van der Waals surface area contributed by atoms with E-state index in [1.165, 1.54) is 0 Å². The molecule has 1 aliphatic rings. The van der Waals surface area contributed by atoms with Crippen LogP contribution in [0.15, 0.2) is 39.3 Å². The van der Waals surface area contributed by atoms with Gasteiger partial charge in [0.25, 0.3) is 0 Å². The molecule has 0 aliphatic heterocycles. The van der Waals surface area contributed by atoms with Gasteiger partial charge in [-0.3, -0.25) is 4.79 Å². The molecule has 0 unspecified atom stereocenters. The van der Waals surface area contributed by atoms with Crippen LogP contribution in [-0.2, 0) is 24.0 Å². The minimum absolute atomic E-state index is 0.0707. The molecule has 0 heterocycles. The number of carbonyl (C=O) groups is 1. The highest BCUT2D eigenvalue weighted by Crippen LogP contribution is 2.37. The van der Waals surface area contributed by atoms with Crippen LogP contribution in [0.5, 0.6) is 5.75 Å². The molecule has 0 atom stereocenters. The second-order valence-corrected chi connectivity index (χ2v) is 8.64. The summed E-state index contributed by atoms with van der Waals surface area (Å²) in [5.74, 6) is -0.571. The predicted molar refractivity (Wildman–Crippen MR) is 110 cm³/mol. The Bertz CT molecular complexity index is 891. The van der Waals surface area contributed by atoms with Gasteiger partial charge in [0.15, 0.2) is 0 Å². The van der Waals surface area contributed by atoms with Crippen LogP contribution in [0.2, 0.25) is 0 Å². The number of carboxylic acid groups (broad SMARTS) is 1. The molecule has 29 heavy (non-hydrogen) atoms. The molecule has 156 valence electrons. The molecular weight excluding hydrogens is 519 g/mol. The monoisotopic (exact) mass is 535 g/mol. The summed E-state index contributed by atoms with van der Waals surface area (Å²) >= 11 is 6.66. The van der Waals surface area contributed by atoms with E-state index in [1.54, 1.807) is 18.2 Å². The van der Waals surface area contributed by atoms with E-state index < -0.39 is 17.7 Å². The van der Waals surface area contributed by atoms with Gasteiger partial charge in [0, 0.05) is 11.7 Å². The molecule has 2 aromatic carbocycles. The standard InChI is InChI=1S/C20H18Br2F3NO3/c21-16-6-11(8-18(27)28)7-17(22)19(16)29-10-12-4-13(20(23,24)25)9-15(5-12)26-14-2-1-3-14/h4-7,9,14,26H,1-3,8,10H2,(H,27,28). The number of hydrogen-bond donors (Lipinski definition) is 2. The first-order valence-electron chi connectivity index (χ1n) is 8.92. The number of ether oxygens (including phenoxy) is 1. The number of halogens is 5. The Morgan fingerprint density at radius 2 is 1.76 bits per heavy atom. The number of nitrogens with one attached hydrogen (secondary N) is 1. The third-order valence-electron chi connectivity index (χ3n) is 4.59. The zero-order valence-electron chi connectivity index (χ0n) is 15.2. The third-order valence-corrected chi connectivity index (χ3v) is 5.77. The van der Waals surface area contributed by atoms with Crippen molar-refractivity contribution >= 4 is 43.5 Å². The average Bonchev–Trinajstić information content (AvgIpc) is 2.56. The van der Waals surface area contributed by atoms with Crippen molar-refractivity contribution in [2.45, 2.75) is 44.5 Å². The average molecular weight is 537 g/mol. The number of aliphatic carboxylic acids is 1. The van der Waals surface area contributed by atoms with E-state index in [0.29, 0.717) is 31.5 Å². The van der Waals surface area contributed by atoms with Crippen LogP contribution in [0.4, 0.5) is 18.9 Å². The van der Waals surface area contributed by atoms with Gasteiger partial charge in [-0.05, 0) is 92.6 Å². The highest BCUT2D eigenvalue weighted by molar-refractivity contribution is 9.11. The molecule has 2 N–H and O–H groups in total. The number of anilines is 1. The van der Waals surface area contributed by atoms with Crippen molar-refractivity contribution in [3.05, 3.63) is 56.0 Å². The maximum Gasteiger partial charge on any atom is 0.416 e. The molecule has 4 nitrogen and oxygen atoms in total. The third kappa shape index (κ3) is 5.88. The summed E-state index contributed by atoms with van der Waals surface area (Å²) in [5, 5.41) is 12.1. The number of rotatable bonds is 7. The first-order valence-corrected chi connectivity index (χ1v) is 10.5. The molecule has 0 spiro atoms. The van der Waals surface area contributed by atoms with Gasteiger partial charge in [0.1, 0.15) is 12.4 Å². The van der Waals surface area contributed by atoms with Gasteiger partial charge in [-0.25, -0.2) is 0 Å². The normalized spacial score (nSPS) is 14.4. The van der Waals surface area contributed by atoms with Gasteiger partial charge < -0.3 is 15.2 Å². The van der Waals surface area contributed by atoms with Crippen LogP contribution in [0.25, 0.3) is 0 Å². The molecule has 0 saturated heterocycles. The fraction of sp³-hybridized carbons (Fsp3) is 0.350. The van der Waals surface area contributed by atoms with Crippen molar-refractivity contribution in [2.24, 2.45) is 0 Å². The van der Waals surface area contributed by atoms with Crippen molar-refractivity contribution in [3.8, 4) is 5.75 Å². The summed E-state index contributed by atoms with van der Waals surface area (Å²) in [6, 6.07) is 7.29. The maximum absolute atomic E-state index is 13.3. The van der Waals surface area contributed by atoms with Gasteiger partial charge in [-0.2, -0.15) is 13.2 Å². The Kier molecular flexibility index (Phi) is 6.78. The quantitative estimate of drug-likeness (QED) is 0.430. The molecule has 0 radical (unpaired) electrons. The van der Waals surface area contributed by atoms with Gasteiger partial charge in [0.05, 0.1) is 20.9 Å². The summed E-state index contributed by atoms with van der Waals surface area (Å²) in [7, 11) is 0. The lowest BCUT2D eigenvalue weighted by molar-refractivity contribution is -0.138. The van der Waals surface area contributed by atoms with Crippen molar-refractivity contribution < 1.29 is 27.8 Å². The van der Waals surface area contributed by atoms with E-state index in [0.717, 1.165) is 31.4 Å². The van der Waals surface area contributed by atoms with Crippen molar-refractivity contribution in [1.29, 1.82) is 0 Å². The highest BCUT2D eigenvalue weighted by Gasteiger charge is 2.31. The minimum Gasteiger partial charge on any atom is -0.487 e. The van der Waals surface area contributed by atoms with Crippen LogP contribution >= 0.6 is 31.9 Å². The smallest absolute Gasteiger partial charge is 0.416 e. The molecule has 0 aromatic heterocycles. The molecular formula is C20H18Br2F3NO3. The molecule has 0 bridgehead atoms. The molecule has 1 aliphatic carbocycles. The predicted octanol–water partition coefficient (Wildman–Crippen LogP) is 6.40. The van der Waals surface area contributed by atoms with Gasteiger partial charge in [-0.1, -0.05) is 0 Å². The van der Waals surface area contributed by atoms with Crippen LogP contribution in [0.1, 0.15) is 36.0 Å². The lowest BCUT2D eigenvalue weighted by atomic mass is 9.93. The van der Waals surface area contributed by atoms with Crippen LogP contribution in [0, 0.1) is 0 Å². The fourth-order valence-corrected chi connectivity index (χ4v) is 4.50. The van der Waals surface area contributed by atoms with Crippen molar-refractivity contribution in [2.75, 3.05) is 5.32 Å². The van der Waals surface area contributed by atoms with Crippen LogP contribution < -0.4 is 10.1 Å². The first kappa shape index (κ1) is 22.0. The van der Waals surface area contributed by atoms with Crippen LogP contribution in [0.3, 0.4) is 0 Å². The zero-order chi connectivity index (χ0) is 21.2. The van der Waals surface area contributed by atoms with Crippen LogP contribution in [-0.4, -0.2) is 17.1 Å². The Morgan fingerprint density at radius 1 is 1.10 bits per heavy atom. The first-order chi connectivity index (χ1) is 13.6. The Labute approximate surface area is 182 Å².